The number of morpholine rings is 1. The molecule has 1 saturated heterocycles. The maximum absolute atomic E-state index is 13.2. The molecule has 2 aliphatic rings. The Balaban J connectivity index is 1.52. The van der Waals surface area contributed by atoms with Crippen LogP contribution < -0.4 is 19.8 Å². The summed E-state index contributed by atoms with van der Waals surface area (Å²) < 4.78 is 16.8. The van der Waals surface area contributed by atoms with Gasteiger partial charge in [0.25, 0.3) is 5.91 Å². The molecule has 0 aromatic heterocycles. The fourth-order valence-electron chi connectivity index (χ4n) is 4.48. The molecule has 2 aliphatic heterocycles. The molecule has 0 spiro atoms. The van der Waals surface area contributed by atoms with Gasteiger partial charge in [0, 0.05) is 32.5 Å². The fraction of sp³-hybridized carbons (Fsp3) is 0.444. The number of carbonyl (C=O) groups is 2. The molecular formula is C27H34N4O5. The SMILES string of the molecule is CCOc1ccc(C(CNC(=O)C2=NN(c3cccc(C)c3)C(=O)CC2)N2CCOCC2)cc1OC. The summed E-state index contributed by atoms with van der Waals surface area (Å²) in [6.45, 7) is 7.60. The quantitative estimate of drug-likeness (QED) is 0.576. The number of carbonyl (C=O) groups excluding carboxylic acids is 2. The van der Waals surface area contributed by atoms with Crippen molar-refractivity contribution >= 4 is 23.2 Å². The van der Waals surface area contributed by atoms with E-state index in [0.29, 0.717) is 55.7 Å². The third kappa shape index (κ3) is 6.03. The lowest BCUT2D eigenvalue weighted by molar-refractivity contribution is -0.119. The molecule has 0 radical (unpaired) electrons. The number of hydrogen-bond donors (Lipinski definition) is 1. The van der Waals surface area contributed by atoms with E-state index in [1.54, 1.807) is 7.11 Å². The molecule has 0 aliphatic carbocycles. The van der Waals surface area contributed by atoms with E-state index in [4.69, 9.17) is 14.2 Å². The minimum Gasteiger partial charge on any atom is -0.493 e. The minimum absolute atomic E-state index is 0.0823. The Hall–Kier alpha value is -3.43. The molecule has 2 aromatic carbocycles. The van der Waals surface area contributed by atoms with E-state index < -0.39 is 0 Å². The molecule has 1 N–H and O–H groups in total. The van der Waals surface area contributed by atoms with Gasteiger partial charge in [-0.1, -0.05) is 18.2 Å². The number of ether oxygens (including phenoxy) is 3. The minimum atomic E-state index is -0.267. The van der Waals surface area contributed by atoms with Crippen LogP contribution in [0.25, 0.3) is 0 Å². The highest BCUT2D eigenvalue weighted by Gasteiger charge is 2.28. The van der Waals surface area contributed by atoms with Crippen LogP contribution in [0.1, 0.15) is 36.9 Å². The highest BCUT2D eigenvalue weighted by Crippen LogP contribution is 2.32. The summed E-state index contributed by atoms with van der Waals surface area (Å²) in [5.41, 5.74) is 3.05. The summed E-state index contributed by atoms with van der Waals surface area (Å²) in [6, 6.07) is 13.3. The van der Waals surface area contributed by atoms with Crippen molar-refractivity contribution in [1.29, 1.82) is 0 Å². The monoisotopic (exact) mass is 494 g/mol. The second-order valence-corrected chi connectivity index (χ2v) is 8.81. The van der Waals surface area contributed by atoms with E-state index in [-0.39, 0.29) is 24.3 Å². The summed E-state index contributed by atoms with van der Waals surface area (Å²) in [7, 11) is 1.62. The van der Waals surface area contributed by atoms with Crippen LogP contribution in [0.4, 0.5) is 5.69 Å². The largest absolute Gasteiger partial charge is 0.493 e. The lowest BCUT2D eigenvalue weighted by Gasteiger charge is -2.35. The first kappa shape index (κ1) is 25.7. The average molecular weight is 495 g/mol. The van der Waals surface area contributed by atoms with E-state index >= 15 is 0 Å². The summed E-state index contributed by atoms with van der Waals surface area (Å²) >= 11 is 0. The van der Waals surface area contributed by atoms with Gasteiger partial charge in [-0.2, -0.15) is 5.10 Å². The Morgan fingerprint density at radius 3 is 2.67 bits per heavy atom. The summed E-state index contributed by atoms with van der Waals surface area (Å²) in [5, 5.41) is 8.81. The number of amides is 2. The molecule has 4 rings (SSSR count). The Morgan fingerprint density at radius 1 is 1.14 bits per heavy atom. The molecular weight excluding hydrogens is 460 g/mol. The summed E-state index contributed by atoms with van der Waals surface area (Å²) in [6.07, 6.45) is 0.551. The molecule has 9 heteroatoms. The topological polar surface area (TPSA) is 92.7 Å². The smallest absolute Gasteiger partial charge is 0.267 e. The Kier molecular flexibility index (Phi) is 8.56. The Bertz CT molecular complexity index is 1110. The number of methoxy groups -OCH3 is 1. The van der Waals surface area contributed by atoms with Crippen molar-refractivity contribution in [1.82, 2.24) is 10.2 Å². The van der Waals surface area contributed by atoms with Crippen LogP contribution in [0, 0.1) is 6.92 Å². The first-order chi connectivity index (χ1) is 17.5. The van der Waals surface area contributed by atoms with Gasteiger partial charge in [0.15, 0.2) is 11.5 Å². The van der Waals surface area contributed by atoms with Gasteiger partial charge < -0.3 is 19.5 Å². The van der Waals surface area contributed by atoms with Crippen LogP contribution in [0.5, 0.6) is 11.5 Å². The molecule has 0 saturated carbocycles. The predicted molar refractivity (Wildman–Crippen MR) is 138 cm³/mol. The second kappa shape index (κ2) is 12.0. The molecule has 2 amide bonds. The summed E-state index contributed by atoms with van der Waals surface area (Å²) in [5.74, 6) is 0.954. The Morgan fingerprint density at radius 2 is 1.94 bits per heavy atom. The van der Waals surface area contributed by atoms with Crippen LogP contribution >= 0.6 is 0 Å². The highest BCUT2D eigenvalue weighted by molar-refractivity contribution is 6.40. The Labute approximate surface area is 212 Å². The predicted octanol–water partition coefficient (Wildman–Crippen LogP) is 3.07. The number of rotatable bonds is 9. The van der Waals surface area contributed by atoms with E-state index in [0.717, 1.165) is 24.2 Å². The zero-order valence-electron chi connectivity index (χ0n) is 21.2. The van der Waals surface area contributed by atoms with Crippen molar-refractivity contribution < 1.29 is 23.8 Å². The number of aryl methyl sites for hydroxylation is 1. The average Bonchev–Trinajstić information content (AvgIpc) is 2.90. The molecule has 1 fully saturated rings. The number of nitrogens with zero attached hydrogens (tertiary/aromatic N) is 3. The van der Waals surface area contributed by atoms with Crippen molar-refractivity contribution in [3.63, 3.8) is 0 Å². The van der Waals surface area contributed by atoms with Crippen molar-refractivity contribution in [2.75, 3.05) is 51.6 Å². The maximum Gasteiger partial charge on any atom is 0.267 e. The van der Waals surface area contributed by atoms with Crippen LogP contribution in [0.15, 0.2) is 47.6 Å². The first-order valence-corrected chi connectivity index (χ1v) is 12.4. The zero-order chi connectivity index (χ0) is 25.5. The molecule has 1 unspecified atom stereocenters. The number of hydrogen-bond acceptors (Lipinski definition) is 7. The molecule has 192 valence electrons. The van der Waals surface area contributed by atoms with Crippen molar-refractivity contribution in [2.45, 2.75) is 32.7 Å². The van der Waals surface area contributed by atoms with Crippen molar-refractivity contribution in [3.8, 4) is 11.5 Å². The third-order valence-electron chi connectivity index (χ3n) is 6.36. The molecule has 9 nitrogen and oxygen atoms in total. The van der Waals surface area contributed by atoms with Gasteiger partial charge in [0.1, 0.15) is 5.71 Å². The number of anilines is 1. The standard InChI is InChI=1S/C27H34N4O5/c1-4-36-24-10-8-20(17-25(24)34-3)23(30-12-14-35-15-13-30)18-28-27(33)22-9-11-26(32)31(29-22)21-7-5-6-19(2)16-21/h5-8,10,16-17,23H,4,9,11-15,18H2,1-3H3,(H,28,33). The fourth-order valence-corrected chi connectivity index (χ4v) is 4.48. The van der Waals surface area contributed by atoms with Crippen LogP contribution in [-0.2, 0) is 14.3 Å². The summed E-state index contributed by atoms with van der Waals surface area (Å²) in [4.78, 5) is 28.0. The normalized spacial score (nSPS) is 17.4. The molecule has 1 atom stereocenters. The van der Waals surface area contributed by atoms with Gasteiger partial charge in [0.05, 0.1) is 38.7 Å². The van der Waals surface area contributed by atoms with Gasteiger partial charge >= 0.3 is 0 Å². The van der Waals surface area contributed by atoms with Gasteiger partial charge in [-0.25, -0.2) is 5.01 Å². The molecule has 0 bridgehead atoms. The zero-order valence-corrected chi connectivity index (χ0v) is 21.2. The highest BCUT2D eigenvalue weighted by atomic mass is 16.5. The van der Waals surface area contributed by atoms with E-state index in [1.807, 2.05) is 56.3 Å². The van der Waals surface area contributed by atoms with E-state index in [2.05, 4.69) is 15.3 Å². The van der Waals surface area contributed by atoms with Crippen molar-refractivity contribution in [3.05, 3.63) is 53.6 Å². The maximum atomic E-state index is 13.2. The van der Waals surface area contributed by atoms with Gasteiger partial charge in [-0.05, 0) is 49.2 Å². The first-order valence-electron chi connectivity index (χ1n) is 12.4. The molecule has 36 heavy (non-hydrogen) atoms. The number of nitrogens with one attached hydrogen (secondary N) is 1. The molecule has 2 aromatic rings. The van der Waals surface area contributed by atoms with Crippen LogP contribution in [-0.4, -0.2) is 69.0 Å². The lowest BCUT2D eigenvalue weighted by atomic mass is 10.0. The lowest BCUT2D eigenvalue weighted by Crippen LogP contribution is -2.46. The van der Waals surface area contributed by atoms with E-state index in [9.17, 15) is 9.59 Å². The number of benzene rings is 2. The van der Waals surface area contributed by atoms with Gasteiger partial charge in [0.2, 0.25) is 5.91 Å². The molecule has 2 heterocycles. The van der Waals surface area contributed by atoms with Crippen molar-refractivity contribution in [2.24, 2.45) is 5.10 Å². The van der Waals surface area contributed by atoms with Gasteiger partial charge in [-0.3, -0.25) is 14.5 Å². The third-order valence-corrected chi connectivity index (χ3v) is 6.36. The second-order valence-electron chi connectivity index (χ2n) is 8.81. The number of hydrazone groups is 1. The van der Waals surface area contributed by atoms with E-state index in [1.165, 1.54) is 5.01 Å². The van der Waals surface area contributed by atoms with Crippen LogP contribution in [0.2, 0.25) is 0 Å². The van der Waals surface area contributed by atoms with Gasteiger partial charge in [-0.15, -0.1) is 0 Å². The van der Waals surface area contributed by atoms with Crippen LogP contribution in [0.3, 0.4) is 0 Å².